The highest BCUT2D eigenvalue weighted by atomic mass is 16.2. The molecule has 0 radical (unpaired) electrons. The lowest BCUT2D eigenvalue weighted by Crippen LogP contribution is -2.44. The van der Waals surface area contributed by atoms with Crippen LogP contribution in [0.5, 0.6) is 0 Å². The molecule has 1 saturated heterocycles. The molecule has 3 aliphatic rings. The summed E-state index contributed by atoms with van der Waals surface area (Å²) in [7, 11) is 0. The van der Waals surface area contributed by atoms with Gasteiger partial charge in [0.05, 0.1) is 12.2 Å². The highest BCUT2D eigenvalue weighted by Crippen LogP contribution is 2.42. The summed E-state index contributed by atoms with van der Waals surface area (Å²) in [5.74, 6) is 2.26. The third-order valence-electron chi connectivity index (χ3n) is 5.65. The van der Waals surface area contributed by atoms with Crippen LogP contribution in [0.1, 0.15) is 59.3 Å². The fourth-order valence-electron chi connectivity index (χ4n) is 3.97. The maximum absolute atomic E-state index is 12.8. The molecule has 0 aromatic carbocycles. The van der Waals surface area contributed by atoms with Crippen LogP contribution in [0.3, 0.4) is 0 Å². The zero-order chi connectivity index (χ0) is 13.6. The average Bonchev–Trinajstić information content (AvgIpc) is 2.86. The van der Waals surface area contributed by atoms with Crippen LogP contribution in [0.15, 0.2) is 0 Å². The van der Waals surface area contributed by atoms with Crippen molar-refractivity contribution in [1.29, 1.82) is 0 Å². The normalized spacial score (nSPS) is 41.0. The lowest BCUT2D eigenvalue weighted by Gasteiger charge is -2.29. The van der Waals surface area contributed by atoms with Crippen LogP contribution in [0.2, 0.25) is 0 Å². The fraction of sp³-hybridized carbons (Fsp3) is 0.938. The van der Waals surface area contributed by atoms with Gasteiger partial charge in [0.25, 0.3) is 0 Å². The molecule has 108 valence electrons. The van der Waals surface area contributed by atoms with Crippen molar-refractivity contribution in [2.45, 2.75) is 77.5 Å². The second-order valence-electron chi connectivity index (χ2n) is 7.05. The number of carbonyl (C=O) groups is 1. The van der Waals surface area contributed by atoms with Crippen LogP contribution in [0.25, 0.3) is 0 Å². The summed E-state index contributed by atoms with van der Waals surface area (Å²) < 4.78 is 0. The van der Waals surface area contributed by atoms with Crippen molar-refractivity contribution < 1.29 is 4.79 Å². The number of nitrogens with zero attached hydrogens (tertiary/aromatic N) is 1. The highest BCUT2D eigenvalue weighted by molar-refractivity contribution is 5.85. The Kier molecular flexibility index (Phi) is 3.59. The summed E-state index contributed by atoms with van der Waals surface area (Å²) in [4.78, 5) is 15.0. The minimum Gasteiger partial charge on any atom is -0.322 e. The Morgan fingerprint density at radius 1 is 1.37 bits per heavy atom. The summed E-state index contributed by atoms with van der Waals surface area (Å²) >= 11 is 0. The first-order chi connectivity index (χ1) is 9.13. The van der Waals surface area contributed by atoms with E-state index in [-0.39, 0.29) is 6.04 Å². The van der Waals surface area contributed by atoms with E-state index in [9.17, 15) is 4.79 Å². The van der Waals surface area contributed by atoms with E-state index in [1.165, 1.54) is 32.1 Å². The molecule has 19 heavy (non-hydrogen) atoms. The minimum atomic E-state index is 0.0726. The largest absolute Gasteiger partial charge is 0.322 e. The molecule has 0 aromatic rings. The molecule has 5 atom stereocenters. The molecule has 1 amide bonds. The first-order valence-electron chi connectivity index (χ1n) is 8.21. The van der Waals surface area contributed by atoms with Gasteiger partial charge in [-0.05, 0) is 37.0 Å². The zero-order valence-corrected chi connectivity index (χ0v) is 12.6. The Labute approximate surface area is 117 Å². The smallest absolute Gasteiger partial charge is 0.241 e. The summed E-state index contributed by atoms with van der Waals surface area (Å²) in [5.41, 5.74) is 0. The molecule has 3 rings (SSSR count). The molecule has 5 unspecified atom stereocenters. The van der Waals surface area contributed by atoms with Gasteiger partial charge in [-0.3, -0.25) is 10.1 Å². The molecular weight excluding hydrogens is 236 g/mol. The van der Waals surface area contributed by atoms with Crippen LogP contribution in [-0.4, -0.2) is 29.1 Å². The van der Waals surface area contributed by atoms with Gasteiger partial charge >= 0.3 is 0 Å². The molecule has 1 N–H and O–H groups in total. The Bertz CT molecular complexity index is 351. The van der Waals surface area contributed by atoms with Gasteiger partial charge in [-0.2, -0.15) is 0 Å². The van der Waals surface area contributed by atoms with Crippen LogP contribution in [0.4, 0.5) is 0 Å². The predicted octanol–water partition coefficient (Wildman–Crippen LogP) is 2.76. The monoisotopic (exact) mass is 264 g/mol. The van der Waals surface area contributed by atoms with E-state index < -0.39 is 0 Å². The van der Waals surface area contributed by atoms with Gasteiger partial charge in [0.15, 0.2) is 0 Å². The SMILES string of the molecule is CCC(C)C1NC(C2CCCC2)N(C2CC2C)C1=O. The van der Waals surface area contributed by atoms with E-state index >= 15 is 0 Å². The van der Waals surface area contributed by atoms with Gasteiger partial charge in [0.1, 0.15) is 0 Å². The number of amides is 1. The predicted molar refractivity (Wildman–Crippen MR) is 76.5 cm³/mol. The van der Waals surface area contributed by atoms with E-state index in [2.05, 4.69) is 31.0 Å². The fourth-order valence-corrected chi connectivity index (χ4v) is 3.97. The molecule has 3 heteroatoms. The van der Waals surface area contributed by atoms with Crippen LogP contribution >= 0.6 is 0 Å². The maximum Gasteiger partial charge on any atom is 0.241 e. The summed E-state index contributed by atoms with van der Waals surface area (Å²) in [5, 5.41) is 3.70. The summed E-state index contributed by atoms with van der Waals surface area (Å²) in [6, 6.07) is 0.600. The number of carbonyl (C=O) groups excluding carboxylic acids is 1. The molecule has 0 bridgehead atoms. The van der Waals surface area contributed by atoms with E-state index in [4.69, 9.17) is 0 Å². The van der Waals surface area contributed by atoms with Crippen LogP contribution in [0, 0.1) is 17.8 Å². The molecule has 0 spiro atoms. The minimum absolute atomic E-state index is 0.0726. The van der Waals surface area contributed by atoms with E-state index in [0.717, 1.165) is 6.42 Å². The number of nitrogens with one attached hydrogen (secondary N) is 1. The van der Waals surface area contributed by atoms with Crippen LogP contribution < -0.4 is 5.32 Å². The quantitative estimate of drug-likeness (QED) is 0.847. The Balaban J connectivity index is 1.78. The van der Waals surface area contributed by atoms with Crippen molar-refractivity contribution >= 4 is 5.91 Å². The third kappa shape index (κ3) is 2.31. The Morgan fingerprint density at radius 2 is 2.00 bits per heavy atom. The molecule has 2 aliphatic carbocycles. The molecule has 3 fully saturated rings. The lowest BCUT2D eigenvalue weighted by molar-refractivity contribution is -0.132. The van der Waals surface area contributed by atoms with Crippen molar-refractivity contribution in [2.75, 3.05) is 0 Å². The molecule has 0 aromatic heterocycles. The number of rotatable bonds is 4. The van der Waals surface area contributed by atoms with Gasteiger partial charge in [-0.25, -0.2) is 0 Å². The van der Waals surface area contributed by atoms with Gasteiger partial charge in [-0.1, -0.05) is 40.0 Å². The second-order valence-corrected chi connectivity index (χ2v) is 7.05. The topological polar surface area (TPSA) is 32.3 Å². The molecule has 1 heterocycles. The zero-order valence-electron chi connectivity index (χ0n) is 12.6. The standard InChI is InChI=1S/C16H28N2O/c1-4-10(2)14-16(19)18(13-9-11(13)3)15(17-14)12-7-5-6-8-12/h10-15,17H,4-9H2,1-3H3. The molecular formula is C16H28N2O. The van der Waals surface area contributed by atoms with Gasteiger partial charge in [0, 0.05) is 6.04 Å². The van der Waals surface area contributed by atoms with Gasteiger partial charge in [-0.15, -0.1) is 0 Å². The average molecular weight is 264 g/mol. The van der Waals surface area contributed by atoms with Crippen LogP contribution in [-0.2, 0) is 4.79 Å². The molecule has 3 nitrogen and oxygen atoms in total. The summed E-state index contributed by atoms with van der Waals surface area (Å²) in [6.07, 6.45) is 7.92. The van der Waals surface area contributed by atoms with E-state index in [1.54, 1.807) is 0 Å². The molecule has 2 saturated carbocycles. The van der Waals surface area contributed by atoms with Gasteiger partial charge in [0.2, 0.25) is 5.91 Å². The number of hydrogen-bond acceptors (Lipinski definition) is 2. The third-order valence-corrected chi connectivity index (χ3v) is 5.65. The maximum atomic E-state index is 12.8. The van der Waals surface area contributed by atoms with Crippen molar-refractivity contribution in [1.82, 2.24) is 10.2 Å². The first-order valence-corrected chi connectivity index (χ1v) is 8.21. The van der Waals surface area contributed by atoms with Crippen molar-refractivity contribution in [3.8, 4) is 0 Å². The second kappa shape index (κ2) is 5.08. The van der Waals surface area contributed by atoms with Gasteiger partial charge < -0.3 is 4.90 Å². The Hall–Kier alpha value is -0.570. The summed E-state index contributed by atoms with van der Waals surface area (Å²) in [6.45, 7) is 6.67. The molecule has 1 aliphatic heterocycles. The lowest BCUT2D eigenvalue weighted by atomic mass is 9.99. The van der Waals surface area contributed by atoms with Crippen molar-refractivity contribution in [3.63, 3.8) is 0 Å². The van der Waals surface area contributed by atoms with Crippen molar-refractivity contribution in [2.24, 2.45) is 17.8 Å². The first kappa shape index (κ1) is 13.4. The highest BCUT2D eigenvalue weighted by Gasteiger charge is 2.52. The van der Waals surface area contributed by atoms with E-state index in [1.807, 2.05) is 0 Å². The number of hydrogen-bond donors (Lipinski definition) is 1. The Morgan fingerprint density at radius 3 is 2.53 bits per heavy atom. The van der Waals surface area contributed by atoms with E-state index in [0.29, 0.717) is 35.9 Å². The van der Waals surface area contributed by atoms with Crippen molar-refractivity contribution in [3.05, 3.63) is 0 Å².